The molecule has 0 aliphatic carbocycles. The first-order chi connectivity index (χ1) is 9.22. The van der Waals surface area contributed by atoms with Crippen LogP contribution in [-0.2, 0) is 6.54 Å². The predicted octanol–water partition coefficient (Wildman–Crippen LogP) is 2.17. The average Bonchev–Trinajstić information content (AvgIpc) is 2.42. The summed E-state index contributed by atoms with van der Waals surface area (Å²) in [5.41, 5.74) is 2.84. The van der Waals surface area contributed by atoms with Crippen molar-refractivity contribution in [1.82, 2.24) is 4.98 Å². The summed E-state index contributed by atoms with van der Waals surface area (Å²) in [5.74, 6) is 0. The minimum absolute atomic E-state index is 0.0215. The standard InChI is InChI=1S/C16H14N2O/c1-12-6-8-18(9-7-12)11-14-10-13-4-2-3-5-15(13)17-16(14)19/h2-10H,11H2,1H3/p+1. The van der Waals surface area contributed by atoms with E-state index in [0.29, 0.717) is 6.54 Å². The lowest BCUT2D eigenvalue weighted by molar-refractivity contribution is -0.688. The fourth-order valence-electron chi connectivity index (χ4n) is 2.14. The molecule has 0 amide bonds. The van der Waals surface area contributed by atoms with E-state index in [1.807, 2.05) is 66.3 Å². The van der Waals surface area contributed by atoms with Crippen molar-refractivity contribution in [3.05, 3.63) is 76.3 Å². The Kier molecular flexibility index (Phi) is 2.88. The van der Waals surface area contributed by atoms with Crippen LogP contribution in [0, 0.1) is 6.92 Å². The van der Waals surface area contributed by atoms with Gasteiger partial charge in [0.1, 0.15) is 0 Å². The van der Waals surface area contributed by atoms with Gasteiger partial charge < -0.3 is 4.98 Å². The van der Waals surface area contributed by atoms with Gasteiger partial charge >= 0.3 is 0 Å². The molecule has 0 unspecified atom stereocenters. The minimum atomic E-state index is -0.0215. The molecule has 0 aliphatic rings. The van der Waals surface area contributed by atoms with Gasteiger partial charge in [-0.25, -0.2) is 4.57 Å². The van der Waals surface area contributed by atoms with Gasteiger partial charge in [-0.05, 0) is 30.0 Å². The smallest absolute Gasteiger partial charge is 0.258 e. The summed E-state index contributed by atoms with van der Waals surface area (Å²) >= 11 is 0. The van der Waals surface area contributed by atoms with E-state index >= 15 is 0 Å². The molecule has 2 aromatic heterocycles. The van der Waals surface area contributed by atoms with Crippen molar-refractivity contribution >= 4 is 10.9 Å². The van der Waals surface area contributed by atoms with Gasteiger partial charge in [0, 0.05) is 17.6 Å². The summed E-state index contributed by atoms with van der Waals surface area (Å²) in [7, 11) is 0. The second kappa shape index (κ2) is 4.69. The number of hydrogen-bond donors (Lipinski definition) is 1. The van der Waals surface area contributed by atoms with E-state index in [-0.39, 0.29) is 5.56 Å². The molecule has 94 valence electrons. The summed E-state index contributed by atoms with van der Waals surface area (Å²) in [4.78, 5) is 15.0. The van der Waals surface area contributed by atoms with Crippen LogP contribution in [0.4, 0.5) is 0 Å². The number of aromatic amines is 1. The van der Waals surface area contributed by atoms with E-state index in [0.717, 1.165) is 16.5 Å². The molecule has 19 heavy (non-hydrogen) atoms. The second-order valence-corrected chi connectivity index (χ2v) is 4.76. The van der Waals surface area contributed by atoms with Crippen LogP contribution in [-0.4, -0.2) is 4.98 Å². The van der Waals surface area contributed by atoms with Crippen molar-refractivity contribution in [3.8, 4) is 0 Å². The largest absolute Gasteiger partial charge is 0.322 e. The number of aromatic nitrogens is 2. The maximum Gasteiger partial charge on any atom is 0.258 e. The zero-order chi connectivity index (χ0) is 13.2. The maximum absolute atomic E-state index is 12.0. The molecule has 0 spiro atoms. The Hall–Kier alpha value is -2.42. The normalized spacial score (nSPS) is 10.8. The van der Waals surface area contributed by atoms with Crippen LogP contribution in [0.5, 0.6) is 0 Å². The monoisotopic (exact) mass is 251 g/mol. The van der Waals surface area contributed by atoms with Gasteiger partial charge in [0.15, 0.2) is 18.9 Å². The number of nitrogens with one attached hydrogen (secondary N) is 1. The quantitative estimate of drug-likeness (QED) is 0.696. The summed E-state index contributed by atoms with van der Waals surface area (Å²) in [5, 5.41) is 1.06. The number of rotatable bonds is 2. The SMILES string of the molecule is Cc1cc[n+](Cc2cc3ccccc3[nH]c2=O)cc1. The van der Waals surface area contributed by atoms with Crippen LogP contribution in [0.3, 0.4) is 0 Å². The number of aryl methyl sites for hydroxylation is 1. The summed E-state index contributed by atoms with van der Waals surface area (Å²) in [6.07, 6.45) is 3.98. The fraction of sp³-hybridized carbons (Fsp3) is 0.125. The van der Waals surface area contributed by atoms with E-state index in [4.69, 9.17) is 0 Å². The molecular weight excluding hydrogens is 236 g/mol. The Morgan fingerprint density at radius 1 is 1.11 bits per heavy atom. The Bertz CT molecular complexity index is 773. The van der Waals surface area contributed by atoms with Crippen molar-refractivity contribution in [2.24, 2.45) is 0 Å². The Morgan fingerprint density at radius 3 is 2.63 bits per heavy atom. The van der Waals surface area contributed by atoms with Gasteiger partial charge in [-0.1, -0.05) is 18.2 Å². The second-order valence-electron chi connectivity index (χ2n) is 4.76. The summed E-state index contributed by atoms with van der Waals surface area (Å²) in [6, 6.07) is 13.9. The van der Waals surface area contributed by atoms with Crippen molar-refractivity contribution in [2.45, 2.75) is 13.5 Å². The molecule has 0 atom stereocenters. The highest BCUT2D eigenvalue weighted by Gasteiger charge is 2.08. The van der Waals surface area contributed by atoms with Crippen LogP contribution in [0.25, 0.3) is 10.9 Å². The number of pyridine rings is 2. The molecule has 0 aliphatic heterocycles. The third kappa shape index (κ3) is 2.40. The molecule has 0 saturated heterocycles. The highest BCUT2D eigenvalue weighted by Crippen LogP contribution is 2.09. The van der Waals surface area contributed by atoms with Crippen LogP contribution in [0.2, 0.25) is 0 Å². The lowest BCUT2D eigenvalue weighted by Crippen LogP contribution is -2.36. The zero-order valence-electron chi connectivity index (χ0n) is 10.8. The van der Waals surface area contributed by atoms with Gasteiger partial charge in [-0.3, -0.25) is 4.79 Å². The molecule has 1 N–H and O–H groups in total. The number of H-pyrrole nitrogens is 1. The number of hydrogen-bond acceptors (Lipinski definition) is 1. The predicted molar refractivity (Wildman–Crippen MR) is 75.0 cm³/mol. The minimum Gasteiger partial charge on any atom is -0.322 e. The Balaban J connectivity index is 2.03. The van der Waals surface area contributed by atoms with E-state index in [9.17, 15) is 4.79 Å². The molecule has 3 heteroatoms. The highest BCUT2D eigenvalue weighted by atomic mass is 16.1. The van der Waals surface area contributed by atoms with Crippen molar-refractivity contribution in [3.63, 3.8) is 0 Å². The number of benzene rings is 1. The lowest BCUT2D eigenvalue weighted by atomic mass is 10.1. The third-order valence-electron chi connectivity index (χ3n) is 3.24. The van der Waals surface area contributed by atoms with Crippen LogP contribution in [0.1, 0.15) is 11.1 Å². The van der Waals surface area contributed by atoms with E-state index in [1.165, 1.54) is 5.56 Å². The zero-order valence-corrected chi connectivity index (χ0v) is 10.8. The summed E-state index contributed by atoms with van der Waals surface area (Å²) in [6.45, 7) is 2.63. The van der Waals surface area contributed by atoms with E-state index < -0.39 is 0 Å². The van der Waals surface area contributed by atoms with E-state index in [2.05, 4.69) is 4.98 Å². The highest BCUT2D eigenvalue weighted by molar-refractivity contribution is 5.78. The first-order valence-electron chi connectivity index (χ1n) is 6.29. The summed E-state index contributed by atoms with van der Waals surface area (Å²) < 4.78 is 2.01. The topological polar surface area (TPSA) is 36.7 Å². The van der Waals surface area contributed by atoms with Crippen molar-refractivity contribution in [2.75, 3.05) is 0 Å². The number of nitrogens with zero attached hydrogens (tertiary/aromatic N) is 1. The Morgan fingerprint density at radius 2 is 1.84 bits per heavy atom. The molecular formula is C16H15N2O+. The first kappa shape index (κ1) is 11.7. The fourth-order valence-corrected chi connectivity index (χ4v) is 2.14. The van der Waals surface area contributed by atoms with Gasteiger partial charge in [0.25, 0.3) is 5.56 Å². The molecule has 2 heterocycles. The van der Waals surface area contributed by atoms with Crippen LogP contribution >= 0.6 is 0 Å². The molecule has 3 nitrogen and oxygen atoms in total. The molecule has 3 rings (SSSR count). The van der Waals surface area contributed by atoms with Crippen LogP contribution in [0.15, 0.2) is 59.7 Å². The first-order valence-corrected chi connectivity index (χ1v) is 6.29. The van der Waals surface area contributed by atoms with E-state index in [1.54, 1.807) is 0 Å². The molecule has 0 saturated carbocycles. The lowest BCUT2D eigenvalue weighted by Gasteiger charge is -2.01. The van der Waals surface area contributed by atoms with Gasteiger partial charge in [-0.15, -0.1) is 0 Å². The van der Waals surface area contributed by atoms with Crippen LogP contribution < -0.4 is 10.1 Å². The van der Waals surface area contributed by atoms with Crippen molar-refractivity contribution < 1.29 is 4.57 Å². The van der Waals surface area contributed by atoms with Gasteiger partial charge in [-0.2, -0.15) is 0 Å². The third-order valence-corrected chi connectivity index (χ3v) is 3.24. The maximum atomic E-state index is 12.0. The van der Waals surface area contributed by atoms with Crippen molar-refractivity contribution in [1.29, 1.82) is 0 Å². The van der Waals surface area contributed by atoms with Gasteiger partial charge in [0.05, 0.1) is 5.56 Å². The Labute approximate surface area is 111 Å². The molecule has 0 fully saturated rings. The average molecular weight is 251 g/mol. The molecule has 0 bridgehead atoms. The number of para-hydroxylation sites is 1. The number of fused-ring (bicyclic) bond motifs is 1. The molecule has 1 aromatic carbocycles. The van der Waals surface area contributed by atoms with Gasteiger partial charge in [0.2, 0.25) is 0 Å². The molecule has 0 radical (unpaired) electrons. The molecule has 3 aromatic rings.